The Balaban J connectivity index is 2.69. The molecule has 1 unspecified atom stereocenters. The van der Waals surface area contributed by atoms with Gasteiger partial charge in [0.25, 0.3) is 0 Å². The summed E-state index contributed by atoms with van der Waals surface area (Å²) in [6.07, 6.45) is 2.44. The van der Waals surface area contributed by atoms with Crippen molar-refractivity contribution in [1.29, 1.82) is 0 Å². The number of hydrogen-bond acceptors (Lipinski definition) is 1. The van der Waals surface area contributed by atoms with Gasteiger partial charge in [-0.3, -0.25) is 0 Å². The molecule has 0 saturated carbocycles. The molecule has 2 heteroatoms. The first-order valence-corrected chi connectivity index (χ1v) is 7.06. The van der Waals surface area contributed by atoms with Crippen LogP contribution in [0.4, 0.5) is 0 Å². The lowest BCUT2D eigenvalue weighted by Gasteiger charge is -2.31. The summed E-state index contributed by atoms with van der Waals surface area (Å²) in [7, 11) is 0. The third kappa shape index (κ3) is 4.01. The summed E-state index contributed by atoms with van der Waals surface area (Å²) in [6.45, 7) is 7.70. The van der Waals surface area contributed by atoms with Crippen molar-refractivity contribution in [2.24, 2.45) is 5.92 Å². The van der Waals surface area contributed by atoms with Gasteiger partial charge < -0.3 is 5.32 Å². The summed E-state index contributed by atoms with van der Waals surface area (Å²) in [5, 5.41) is 3.63. The van der Waals surface area contributed by atoms with Crippen molar-refractivity contribution < 1.29 is 0 Å². The third-order valence-corrected chi connectivity index (χ3v) is 4.15. The van der Waals surface area contributed by atoms with E-state index in [0.29, 0.717) is 5.88 Å². The zero-order chi connectivity index (χ0) is 12.7. The highest BCUT2D eigenvalue weighted by Crippen LogP contribution is 2.22. The largest absolute Gasteiger partial charge is 0.306 e. The first kappa shape index (κ1) is 14.5. The van der Waals surface area contributed by atoms with Crippen molar-refractivity contribution in [1.82, 2.24) is 5.32 Å². The molecule has 0 radical (unpaired) electrons. The van der Waals surface area contributed by atoms with E-state index in [1.54, 1.807) is 0 Å². The highest BCUT2D eigenvalue weighted by Gasteiger charge is 2.25. The molecule has 1 aromatic rings. The molecule has 0 heterocycles. The monoisotopic (exact) mass is 253 g/mol. The summed E-state index contributed by atoms with van der Waals surface area (Å²) in [5.41, 5.74) is 1.15. The maximum Gasteiger partial charge on any atom is 0.0543 e. The predicted molar refractivity (Wildman–Crippen MR) is 76.6 cm³/mol. The van der Waals surface area contributed by atoms with Crippen LogP contribution < -0.4 is 5.32 Å². The minimum absolute atomic E-state index is 0.120. The Morgan fingerprint density at radius 3 is 2.24 bits per heavy atom. The topological polar surface area (TPSA) is 12.0 Å². The minimum atomic E-state index is -0.120. The van der Waals surface area contributed by atoms with Gasteiger partial charge in [0.2, 0.25) is 0 Å². The first-order valence-electron chi connectivity index (χ1n) is 6.52. The van der Waals surface area contributed by atoms with Gasteiger partial charge in [-0.15, -0.1) is 11.6 Å². The lowest BCUT2D eigenvalue weighted by atomic mass is 9.92. The third-order valence-electron chi connectivity index (χ3n) is 3.61. The van der Waals surface area contributed by atoms with Crippen LogP contribution in [0.5, 0.6) is 0 Å². The molecule has 96 valence electrons. The van der Waals surface area contributed by atoms with E-state index < -0.39 is 0 Å². The van der Waals surface area contributed by atoms with Gasteiger partial charge in [0.1, 0.15) is 0 Å². The molecule has 0 aliphatic carbocycles. The quantitative estimate of drug-likeness (QED) is 0.720. The smallest absolute Gasteiger partial charge is 0.0543 e. The van der Waals surface area contributed by atoms with Gasteiger partial charge in [-0.25, -0.2) is 0 Å². The van der Waals surface area contributed by atoms with Gasteiger partial charge in [-0.2, -0.15) is 0 Å². The van der Waals surface area contributed by atoms with E-state index in [1.165, 1.54) is 18.4 Å². The van der Waals surface area contributed by atoms with Crippen molar-refractivity contribution in [3.8, 4) is 0 Å². The zero-order valence-electron chi connectivity index (χ0n) is 11.2. The molecule has 0 aliphatic heterocycles. The molecule has 1 atom stereocenters. The molecule has 0 aliphatic rings. The summed E-state index contributed by atoms with van der Waals surface area (Å²) < 4.78 is 0. The summed E-state index contributed by atoms with van der Waals surface area (Å²) in [4.78, 5) is 0. The molecule has 1 N–H and O–H groups in total. The van der Waals surface area contributed by atoms with Crippen molar-refractivity contribution >= 4 is 11.6 Å². The number of benzene rings is 1. The first-order chi connectivity index (χ1) is 8.16. The second-order valence-corrected chi connectivity index (χ2v) is 5.16. The Kier molecular flexibility index (Phi) is 6.01. The molecule has 0 spiro atoms. The Labute approximate surface area is 111 Å². The van der Waals surface area contributed by atoms with Crippen LogP contribution >= 0.6 is 11.6 Å². The van der Waals surface area contributed by atoms with Gasteiger partial charge in [0.05, 0.1) is 5.54 Å². The Hall–Kier alpha value is -0.530. The van der Waals surface area contributed by atoms with Crippen molar-refractivity contribution in [3.63, 3.8) is 0 Å². The Morgan fingerprint density at radius 2 is 1.76 bits per heavy atom. The van der Waals surface area contributed by atoms with Crippen LogP contribution in [0, 0.1) is 5.92 Å². The molecule has 0 fully saturated rings. The van der Waals surface area contributed by atoms with E-state index in [2.05, 4.69) is 50.4 Å². The van der Waals surface area contributed by atoms with E-state index in [9.17, 15) is 0 Å². The van der Waals surface area contributed by atoms with Gasteiger partial charge in [0, 0.05) is 5.88 Å². The van der Waals surface area contributed by atoms with Crippen molar-refractivity contribution in [3.05, 3.63) is 35.9 Å². The van der Waals surface area contributed by atoms with Crippen molar-refractivity contribution in [2.45, 2.75) is 39.2 Å². The number of rotatable bonds is 7. The molecule has 0 amide bonds. The highest BCUT2D eigenvalue weighted by atomic mass is 35.5. The molecule has 0 bridgehead atoms. The van der Waals surface area contributed by atoms with Crippen LogP contribution in [0.3, 0.4) is 0 Å². The second kappa shape index (κ2) is 7.03. The summed E-state index contributed by atoms with van der Waals surface area (Å²) in [5.74, 6) is 1.33. The van der Waals surface area contributed by atoms with Crippen LogP contribution in [0.15, 0.2) is 30.3 Å². The fourth-order valence-corrected chi connectivity index (χ4v) is 2.23. The van der Waals surface area contributed by atoms with Crippen LogP contribution in [-0.2, 0) is 5.54 Å². The summed E-state index contributed by atoms with van der Waals surface area (Å²) >= 11 is 6.15. The standard InChI is InChI=1S/C15H24ClN/c1-4-13(5-2)11-17-15(3,12-16)14-9-7-6-8-10-14/h6-10,13,17H,4-5,11-12H2,1-3H3. The van der Waals surface area contributed by atoms with Crippen LogP contribution in [0.1, 0.15) is 39.2 Å². The van der Waals surface area contributed by atoms with E-state index in [-0.39, 0.29) is 5.54 Å². The fraction of sp³-hybridized carbons (Fsp3) is 0.600. The molecule has 0 saturated heterocycles. The SMILES string of the molecule is CCC(CC)CNC(C)(CCl)c1ccccc1. The van der Waals surface area contributed by atoms with Crippen LogP contribution in [-0.4, -0.2) is 12.4 Å². The maximum atomic E-state index is 6.15. The molecule has 0 aromatic heterocycles. The Bertz CT molecular complexity index is 308. The normalized spacial score (nSPS) is 14.9. The molecule has 1 rings (SSSR count). The van der Waals surface area contributed by atoms with E-state index in [0.717, 1.165) is 12.5 Å². The molecular weight excluding hydrogens is 230 g/mol. The minimum Gasteiger partial charge on any atom is -0.306 e. The number of hydrogen-bond donors (Lipinski definition) is 1. The maximum absolute atomic E-state index is 6.15. The lowest BCUT2D eigenvalue weighted by Crippen LogP contribution is -2.43. The Morgan fingerprint density at radius 1 is 1.18 bits per heavy atom. The summed E-state index contributed by atoms with van der Waals surface area (Å²) in [6, 6.07) is 10.5. The molecular formula is C15H24ClN. The average Bonchev–Trinajstić information content (AvgIpc) is 2.40. The van der Waals surface area contributed by atoms with Gasteiger partial charge >= 0.3 is 0 Å². The number of alkyl halides is 1. The van der Waals surface area contributed by atoms with Gasteiger partial charge in [-0.05, 0) is 24.9 Å². The van der Waals surface area contributed by atoms with Crippen LogP contribution in [0.2, 0.25) is 0 Å². The molecule has 1 nitrogen and oxygen atoms in total. The molecule has 17 heavy (non-hydrogen) atoms. The van der Waals surface area contributed by atoms with Gasteiger partial charge in [-0.1, -0.05) is 57.0 Å². The van der Waals surface area contributed by atoms with E-state index >= 15 is 0 Å². The average molecular weight is 254 g/mol. The highest BCUT2D eigenvalue weighted by molar-refractivity contribution is 6.18. The molecule has 1 aromatic carbocycles. The zero-order valence-corrected chi connectivity index (χ0v) is 11.9. The number of nitrogens with one attached hydrogen (secondary N) is 1. The van der Waals surface area contributed by atoms with Gasteiger partial charge in [0.15, 0.2) is 0 Å². The number of halogens is 1. The van der Waals surface area contributed by atoms with Crippen LogP contribution in [0.25, 0.3) is 0 Å². The van der Waals surface area contributed by atoms with E-state index in [1.807, 2.05) is 6.07 Å². The second-order valence-electron chi connectivity index (χ2n) is 4.90. The fourth-order valence-electron chi connectivity index (χ4n) is 1.98. The van der Waals surface area contributed by atoms with E-state index in [4.69, 9.17) is 11.6 Å². The van der Waals surface area contributed by atoms with Crippen molar-refractivity contribution in [2.75, 3.05) is 12.4 Å². The predicted octanol–water partition coefficient (Wildman–Crippen LogP) is 4.17. The lowest BCUT2D eigenvalue weighted by molar-refractivity contribution is 0.347.